The molecule has 5 heteroatoms. The Hall–Kier alpha value is -1.04. The van der Waals surface area contributed by atoms with Gasteiger partial charge in [0.05, 0.1) is 31.1 Å². The van der Waals surface area contributed by atoms with Crippen molar-refractivity contribution in [1.29, 1.82) is 0 Å². The van der Waals surface area contributed by atoms with Crippen LogP contribution < -0.4 is 0 Å². The van der Waals surface area contributed by atoms with Gasteiger partial charge in [-0.15, -0.1) is 11.8 Å². The zero-order valence-electron chi connectivity index (χ0n) is 11.7. The number of thioether (sulfide) groups is 1. The number of rotatable bonds is 5. The van der Waals surface area contributed by atoms with Gasteiger partial charge in [-0.1, -0.05) is 30.3 Å². The highest BCUT2D eigenvalue weighted by Gasteiger charge is 2.28. The first-order valence-electron chi connectivity index (χ1n) is 6.84. The Balaban J connectivity index is 1.79. The molecule has 0 aromatic heterocycles. The van der Waals surface area contributed by atoms with Crippen LogP contribution in [0.3, 0.4) is 0 Å². The number of morpholine rings is 1. The van der Waals surface area contributed by atoms with Gasteiger partial charge in [-0.3, -0.25) is 4.79 Å². The number of carbonyl (C=O) groups is 1. The summed E-state index contributed by atoms with van der Waals surface area (Å²) in [5.41, 5.74) is 1.23. The molecule has 1 amide bonds. The van der Waals surface area contributed by atoms with E-state index in [1.807, 2.05) is 30.0 Å². The molecule has 1 aliphatic heterocycles. The van der Waals surface area contributed by atoms with Gasteiger partial charge < -0.3 is 14.7 Å². The molecule has 1 aromatic rings. The van der Waals surface area contributed by atoms with E-state index < -0.39 is 0 Å². The summed E-state index contributed by atoms with van der Waals surface area (Å²) in [5, 5.41) is 9.13. The predicted octanol–water partition coefficient (Wildman–Crippen LogP) is 1.53. The van der Waals surface area contributed by atoms with Crippen LogP contribution in [0.1, 0.15) is 12.5 Å². The van der Waals surface area contributed by atoms with Crippen molar-refractivity contribution < 1.29 is 14.6 Å². The zero-order chi connectivity index (χ0) is 14.4. The average Bonchev–Trinajstić information content (AvgIpc) is 2.48. The number of carbonyl (C=O) groups excluding carboxylic acids is 1. The second-order valence-electron chi connectivity index (χ2n) is 5.01. The van der Waals surface area contributed by atoms with Gasteiger partial charge in [-0.2, -0.15) is 0 Å². The van der Waals surface area contributed by atoms with E-state index in [1.165, 1.54) is 5.56 Å². The standard InChI is InChI=1S/C15H21NO3S/c1-12-9-19-14(8-17)7-16(12)15(18)11-20-10-13-5-3-2-4-6-13/h2-6,12,14,17H,7-11H2,1H3. The lowest BCUT2D eigenvalue weighted by Gasteiger charge is -2.37. The minimum atomic E-state index is -0.241. The largest absolute Gasteiger partial charge is 0.394 e. The van der Waals surface area contributed by atoms with Crippen molar-refractivity contribution in [2.45, 2.75) is 24.8 Å². The normalized spacial score (nSPS) is 22.8. The molecule has 1 fully saturated rings. The fourth-order valence-electron chi connectivity index (χ4n) is 2.19. The summed E-state index contributed by atoms with van der Waals surface area (Å²) < 4.78 is 5.44. The molecule has 2 unspecified atom stereocenters. The smallest absolute Gasteiger partial charge is 0.232 e. The van der Waals surface area contributed by atoms with Crippen molar-refractivity contribution in [1.82, 2.24) is 4.90 Å². The van der Waals surface area contributed by atoms with Crippen LogP contribution >= 0.6 is 11.8 Å². The van der Waals surface area contributed by atoms with E-state index in [0.29, 0.717) is 18.9 Å². The highest BCUT2D eigenvalue weighted by molar-refractivity contribution is 7.99. The molecule has 0 bridgehead atoms. The van der Waals surface area contributed by atoms with Crippen molar-refractivity contribution in [2.75, 3.05) is 25.5 Å². The molecule has 110 valence electrons. The van der Waals surface area contributed by atoms with Crippen LogP contribution in [0.25, 0.3) is 0 Å². The first-order chi connectivity index (χ1) is 9.70. The second-order valence-corrected chi connectivity index (χ2v) is 6.00. The molecule has 20 heavy (non-hydrogen) atoms. The van der Waals surface area contributed by atoms with Crippen molar-refractivity contribution in [3.63, 3.8) is 0 Å². The van der Waals surface area contributed by atoms with Gasteiger partial charge in [0.25, 0.3) is 0 Å². The van der Waals surface area contributed by atoms with E-state index in [2.05, 4.69) is 12.1 Å². The molecule has 1 aliphatic rings. The number of ether oxygens (including phenoxy) is 1. The highest BCUT2D eigenvalue weighted by atomic mass is 32.2. The Morgan fingerprint density at radius 2 is 2.20 bits per heavy atom. The number of benzene rings is 1. The van der Waals surface area contributed by atoms with Gasteiger partial charge in [-0.25, -0.2) is 0 Å². The van der Waals surface area contributed by atoms with Gasteiger partial charge in [0.1, 0.15) is 0 Å². The summed E-state index contributed by atoms with van der Waals surface area (Å²) in [4.78, 5) is 14.0. The molecule has 0 spiro atoms. The topological polar surface area (TPSA) is 49.8 Å². The minimum Gasteiger partial charge on any atom is -0.394 e. The van der Waals surface area contributed by atoms with Crippen LogP contribution in [0.4, 0.5) is 0 Å². The quantitative estimate of drug-likeness (QED) is 0.895. The summed E-state index contributed by atoms with van der Waals surface area (Å²) in [7, 11) is 0. The van der Waals surface area contributed by atoms with Crippen LogP contribution in [0.2, 0.25) is 0 Å². The lowest BCUT2D eigenvalue weighted by molar-refractivity contribution is -0.143. The van der Waals surface area contributed by atoms with E-state index in [0.717, 1.165) is 5.75 Å². The third-order valence-electron chi connectivity index (χ3n) is 3.37. The van der Waals surface area contributed by atoms with Gasteiger partial charge in [0.15, 0.2) is 0 Å². The molecule has 2 atom stereocenters. The fourth-order valence-corrected chi connectivity index (χ4v) is 3.06. The molecule has 1 N–H and O–H groups in total. The number of nitrogens with zero attached hydrogens (tertiary/aromatic N) is 1. The molecule has 0 saturated carbocycles. The van der Waals surface area contributed by atoms with Crippen LogP contribution in [0.15, 0.2) is 30.3 Å². The fraction of sp³-hybridized carbons (Fsp3) is 0.533. The first-order valence-corrected chi connectivity index (χ1v) is 7.99. The van der Waals surface area contributed by atoms with Gasteiger partial charge in [-0.05, 0) is 12.5 Å². The van der Waals surface area contributed by atoms with Crippen molar-refractivity contribution >= 4 is 17.7 Å². The van der Waals surface area contributed by atoms with Crippen LogP contribution in [0, 0.1) is 0 Å². The predicted molar refractivity (Wildman–Crippen MR) is 80.6 cm³/mol. The van der Waals surface area contributed by atoms with Gasteiger partial charge >= 0.3 is 0 Å². The maximum Gasteiger partial charge on any atom is 0.232 e. The SMILES string of the molecule is CC1COC(CO)CN1C(=O)CSCc1ccccc1. The molecule has 1 saturated heterocycles. The Morgan fingerprint density at radius 1 is 1.45 bits per heavy atom. The summed E-state index contributed by atoms with van der Waals surface area (Å²) in [6, 6.07) is 10.2. The third kappa shape index (κ3) is 4.23. The summed E-state index contributed by atoms with van der Waals surface area (Å²) in [6.07, 6.45) is -0.241. The second kappa shape index (κ2) is 7.67. The molecule has 1 heterocycles. The molecule has 4 nitrogen and oxygen atoms in total. The number of hydrogen-bond donors (Lipinski definition) is 1. The molecule has 2 rings (SSSR count). The van der Waals surface area contributed by atoms with E-state index in [1.54, 1.807) is 11.8 Å². The number of hydrogen-bond acceptors (Lipinski definition) is 4. The van der Waals surface area contributed by atoms with E-state index >= 15 is 0 Å². The Kier molecular flexibility index (Phi) is 5.88. The molecule has 0 aliphatic carbocycles. The molecule has 0 radical (unpaired) electrons. The third-order valence-corrected chi connectivity index (χ3v) is 4.36. The summed E-state index contributed by atoms with van der Waals surface area (Å²) >= 11 is 1.62. The average molecular weight is 295 g/mol. The van der Waals surface area contributed by atoms with Crippen LogP contribution in [-0.2, 0) is 15.3 Å². The lowest BCUT2D eigenvalue weighted by atomic mass is 10.2. The molecular formula is C15H21NO3S. The molecule has 1 aromatic carbocycles. The summed E-state index contributed by atoms with van der Waals surface area (Å²) in [5.74, 6) is 1.44. The number of aliphatic hydroxyl groups is 1. The minimum absolute atomic E-state index is 0.0341. The first kappa shape index (κ1) is 15.4. The van der Waals surface area contributed by atoms with E-state index in [9.17, 15) is 4.79 Å². The monoisotopic (exact) mass is 295 g/mol. The van der Waals surface area contributed by atoms with Gasteiger partial charge in [0, 0.05) is 12.3 Å². The highest BCUT2D eigenvalue weighted by Crippen LogP contribution is 2.16. The van der Waals surface area contributed by atoms with Crippen molar-refractivity contribution in [3.8, 4) is 0 Å². The van der Waals surface area contributed by atoms with Crippen LogP contribution in [0.5, 0.6) is 0 Å². The number of aliphatic hydroxyl groups excluding tert-OH is 1. The van der Waals surface area contributed by atoms with Crippen molar-refractivity contribution in [2.24, 2.45) is 0 Å². The lowest BCUT2D eigenvalue weighted by Crippen LogP contribution is -2.52. The van der Waals surface area contributed by atoms with Crippen LogP contribution in [-0.4, -0.2) is 53.6 Å². The Morgan fingerprint density at radius 3 is 2.90 bits per heavy atom. The van der Waals surface area contributed by atoms with E-state index in [4.69, 9.17) is 9.84 Å². The van der Waals surface area contributed by atoms with Gasteiger partial charge in [0.2, 0.25) is 5.91 Å². The van der Waals surface area contributed by atoms with Crippen molar-refractivity contribution in [3.05, 3.63) is 35.9 Å². The number of amides is 1. The Bertz CT molecular complexity index is 426. The summed E-state index contributed by atoms with van der Waals surface area (Å²) in [6.45, 7) is 2.93. The molecular weight excluding hydrogens is 274 g/mol. The Labute approximate surface area is 124 Å². The maximum atomic E-state index is 12.2. The maximum absolute atomic E-state index is 12.2. The van der Waals surface area contributed by atoms with E-state index in [-0.39, 0.29) is 24.7 Å². The zero-order valence-corrected chi connectivity index (χ0v) is 12.5.